The van der Waals surface area contributed by atoms with E-state index in [1.165, 1.54) is 28.2 Å². The molecule has 0 atom stereocenters. The van der Waals surface area contributed by atoms with Crippen LogP contribution in [0.4, 0.5) is 0 Å². The van der Waals surface area contributed by atoms with Gasteiger partial charge in [0.05, 0.1) is 5.71 Å². The Morgan fingerprint density at radius 2 is 1.34 bits per heavy atom. The number of dihydropyridines is 1. The van der Waals surface area contributed by atoms with Gasteiger partial charge in [-0.15, -0.1) is 0 Å². The molecule has 2 aliphatic rings. The van der Waals surface area contributed by atoms with Gasteiger partial charge in [0.2, 0.25) is 0 Å². The normalized spacial score (nSPS) is 14.5. The van der Waals surface area contributed by atoms with Gasteiger partial charge in [-0.05, 0) is 62.1 Å². The minimum Gasteiger partial charge on any atom is -0.573 e. The van der Waals surface area contributed by atoms with Crippen molar-refractivity contribution < 1.29 is 19.5 Å². The summed E-state index contributed by atoms with van der Waals surface area (Å²) >= 11 is 0. The first kappa shape index (κ1) is 32.5. The molecule has 0 N–H and O–H groups in total. The SMILES string of the molecule is CC(C)(C)c1cc(C2=NCCC3=C2C=CCC3)[n-]n1.CP(C)c1ccccc1.CP(C)c1ccccc1.[Ru+]. The fraction of sp³-hybridized carbons (Fsp3) is 0.375. The van der Waals surface area contributed by atoms with Crippen LogP contribution in [0.25, 0.3) is 0 Å². The molecule has 0 bridgehead atoms. The van der Waals surface area contributed by atoms with Gasteiger partial charge in [-0.2, -0.15) is 0 Å². The monoisotopic (exact) mass is 632 g/mol. The number of hydrogen-bond acceptors (Lipinski definition) is 2. The smallest absolute Gasteiger partial charge is 0.573 e. The molecule has 203 valence electrons. The van der Waals surface area contributed by atoms with Crippen LogP contribution in [0, 0.1) is 0 Å². The summed E-state index contributed by atoms with van der Waals surface area (Å²) in [6, 6.07) is 23.3. The predicted molar refractivity (Wildman–Crippen MR) is 167 cm³/mol. The van der Waals surface area contributed by atoms with Crippen molar-refractivity contribution in [2.45, 2.75) is 45.4 Å². The quantitative estimate of drug-likeness (QED) is 0.225. The van der Waals surface area contributed by atoms with Crippen molar-refractivity contribution in [3.8, 4) is 0 Å². The molecule has 1 aliphatic carbocycles. The molecule has 0 saturated heterocycles. The van der Waals surface area contributed by atoms with E-state index in [4.69, 9.17) is 0 Å². The predicted octanol–water partition coefficient (Wildman–Crippen LogP) is 7.28. The molecule has 6 heteroatoms. The topological polar surface area (TPSA) is 39.4 Å². The number of benzene rings is 2. The Balaban J connectivity index is 0.000000224. The molecular formula is C32H42N3P2Ru. The summed E-state index contributed by atoms with van der Waals surface area (Å²) in [4.78, 5) is 4.68. The summed E-state index contributed by atoms with van der Waals surface area (Å²) in [5, 5.41) is 11.6. The summed E-state index contributed by atoms with van der Waals surface area (Å²) in [5.74, 6) is 0. The third-order valence-electron chi connectivity index (χ3n) is 6.31. The van der Waals surface area contributed by atoms with E-state index in [1.807, 2.05) is 0 Å². The van der Waals surface area contributed by atoms with Gasteiger partial charge in [0.15, 0.2) is 0 Å². The van der Waals surface area contributed by atoms with Crippen LogP contribution in [-0.2, 0) is 24.9 Å². The summed E-state index contributed by atoms with van der Waals surface area (Å²) in [7, 11) is 0.209. The molecular weight excluding hydrogens is 589 g/mol. The van der Waals surface area contributed by atoms with Crippen LogP contribution in [0.15, 0.2) is 95.0 Å². The Morgan fingerprint density at radius 1 is 0.789 bits per heavy atom. The molecule has 2 aromatic carbocycles. The van der Waals surface area contributed by atoms with Crippen molar-refractivity contribution in [2.24, 2.45) is 4.99 Å². The van der Waals surface area contributed by atoms with E-state index in [9.17, 15) is 0 Å². The molecule has 1 aromatic heterocycles. The third-order valence-corrected chi connectivity index (χ3v) is 8.97. The molecule has 0 saturated carbocycles. The van der Waals surface area contributed by atoms with Crippen LogP contribution in [0.5, 0.6) is 0 Å². The number of aromatic nitrogens is 2. The van der Waals surface area contributed by atoms with Crippen molar-refractivity contribution in [1.82, 2.24) is 10.2 Å². The van der Waals surface area contributed by atoms with Gasteiger partial charge in [-0.3, -0.25) is 4.99 Å². The largest absolute Gasteiger partial charge is 1.00 e. The van der Waals surface area contributed by atoms with Gasteiger partial charge >= 0.3 is 19.5 Å². The zero-order valence-electron chi connectivity index (χ0n) is 23.9. The average Bonchev–Trinajstić information content (AvgIpc) is 3.41. The van der Waals surface area contributed by atoms with Crippen LogP contribution in [-0.4, -0.2) is 44.0 Å². The van der Waals surface area contributed by atoms with Crippen LogP contribution in [0.1, 0.15) is 51.4 Å². The van der Waals surface area contributed by atoms with Crippen LogP contribution in [0.3, 0.4) is 0 Å². The van der Waals surface area contributed by atoms with Gasteiger partial charge < -0.3 is 10.2 Å². The maximum Gasteiger partial charge on any atom is 1.00 e. The molecule has 0 spiro atoms. The van der Waals surface area contributed by atoms with Crippen molar-refractivity contribution in [2.75, 3.05) is 33.2 Å². The summed E-state index contributed by atoms with van der Waals surface area (Å²) < 4.78 is 0. The average molecular weight is 632 g/mol. The Hall–Kier alpha value is -1.72. The Labute approximate surface area is 246 Å². The van der Waals surface area contributed by atoms with Crippen LogP contribution < -0.4 is 15.7 Å². The maximum absolute atomic E-state index is 4.68. The third kappa shape index (κ3) is 9.79. The fourth-order valence-electron chi connectivity index (χ4n) is 4.05. The van der Waals surface area contributed by atoms with Gasteiger partial charge in [0.1, 0.15) is 0 Å². The first-order valence-electron chi connectivity index (χ1n) is 13.1. The number of hydrogen-bond donors (Lipinski definition) is 0. The van der Waals surface area contributed by atoms with Gasteiger partial charge in [0.25, 0.3) is 0 Å². The first-order chi connectivity index (χ1) is 17.7. The zero-order chi connectivity index (χ0) is 26.8. The molecule has 2 heterocycles. The van der Waals surface area contributed by atoms with Gasteiger partial charge in [0, 0.05) is 17.7 Å². The number of aliphatic imine (C=N–C) groups is 1. The molecule has 0 unspecified atom stereocenters. The van der Waals surface area contributed by atoms with Crippen molar-refractivity contribution in [1.29, 1.82) is 0 Å². The summed E-state index contributed by atoms with van der Waals surface area (Å²) in [6.07, 6.45) is 7.88. The van der Waals surface area contributed by atoms with Crippen molar-refractivity contribution >= 4 is 32.2 Å². The second-order valence-electron chi connectivity index (χ2n) is 10.8. The van der Waals surface area contributed by atoms with E-state index >= 15 is 0 Å². The van der Waals surface area contributed by atoms with E-state index < -0.39 is 0 Å². The van der Waals surface area contributed by atoms with E-state index in [0.717, 1.165) is 36.5 Å². The summed E-state index contributed by atoms with van der Waals surface area (Å²) in [5.41, 5.74) is 5.88. The number of nitrogens with zero attached hydrogens (tertiary/aromatic N) is 3. The molecule has 5 rings (SSSR count). The second kappa shape index (κ2) is 15.8. The second-order valence-corrected chi connectivity index (χ2v) is 15.4. The standard InChI is InChI=1S/C16H20N3.2C8H11P.Ru/c1-16(2,3)14-10-13(18-19-14)15-12-7-5-4-6-11(12)8-9-17-15;2*1-9(2)8-6-4-3-5-7-8;/h5,7,10H,4,6,8-9H2,1-3H3;2*3-7H,1-2H3;/q-1;;;+1. The Bertz CT molecular complexity index is 1160. The van der Waals surface area contributed by atoms with E-state index in [2.05, 4.69) is 142 Å². The molecule has 3 nitrogen and oxygen atoms in total. The molecule has 0 amide bonds. The molecule has 3 aromatic rings. The van der Waals surface area contributed by atoms with Crippen molar-refractivity contribution in [3.05, 3.63) is 101 Å². The Morgan fingerprint density at radius 3 is 1.79 bits per heavy atom. The summed E-state index contributed by atoms with van der Waals surface area (Å²) in [6.45, 7) is 16.4. The molecule has 0 fully saturated rings. The fourth-order valence-corrected chi connectivity index (χ4v) is 5.59. The molecule has 1 radical (unpaired) electrons. The van der Waals surface area contributed by atoms with E-state index in [0.29, 0.717) is 0 Å². The first-order valence-corrected chi connectivity index (χ1v) is 17.5. The van der Waals surface area contributed by atoms with Crippen LogP contribution in [0.2, 0.25) is 0 Å². The van der Waals surface area contributed by atoms with Crippen molar-refractivity contribution in [3.63, 3.8) is 0 Å². The van der Waals surface area contributed by atoms with E-state index in [1.54, 1.807) is 0 Å². The van der Waals surface area contributed by atoms with Gasteiger partial charge in [-0.25, -0.2) is 0 Å². The number of allylic oxidation sites excluding steroid dienone is 3. The maximum atomic E-state index is 4.68. The minimum atomic E-state index is 0. The zero-order valence-corrected chi connectivity index (χ0v) is 27.5. The Kier molecular flexibility index (Phi) is 13.5. The minimum absolute atomic E-state index is 0. The van der Waals surface area contributed by atoms with Crippen LogP contribution >= 0.6 is 15.8 Å². The van der Waals surface area contributed by atoms with E-state index in [-0.39, 0.29) is 40.7 Å². The van der Waals surface area contributed by atoms with Gasteiger partial charge in [-0.1, -0.05) is 127 Å². The number of rotatable bonds is 3. The molecule has 38 heavy (non-hydrogen) atoms. The molecule has 1 aliphatic heterocycles.